The monoisotopic (exact) mass is 277 g/mol. The highest BCUT2D eigenvalue weighted by Crippen LogP contribution is 2.27. The third kappa shape index (κ3) is 3.10. The molecule has 1 aromatic carbocycles. The van der Waals surface area contributed by atoms with Crippen LogP contribution in [0, 0.1) is 25.5 Å². The molecule has 3 nitrogen and oxygen atoms in total. The minimum Gasteiger partial charge on any atom is -0.370 e. The second kappa shape index (κ2) is 5.94. The van der Waals surface area contributed by atoms with Crippen molar-refractivity contribution in [2.45, 2.75) is 27.2 Å². The summed E-state index contributed by atoms with van der Waals surface area (Å²) in [7, 11) is 0. The van der Waals surface area contributed by atoms with Gasteiger partial charge in [-0.15, -0.1) is 0 Å². The predicted octanol–water partition coefficient (Wildman–Crippen LogP) is 3.86. The van der Waals surface area contributed by atoms with Gasteiger partial charge in [0.15, 0.2) is 0 Å². The molecule has 0 spiro atoms. The van der Waals surface area contributed by atoms with Gasteiger partial charge in [0.05, 0.1) is 5.69 Å². The molecule has 0 amide bonds. The quantitative estimate of drug-likeness (QED) is 0.922. The topological polar surface area (TPSA) is 37.8 Å². The van der Waals surface area contributed by atoms with Gasteiger partial charge in [0, 0.05) is 23.7 Å². The van der Waals surface area contributed by atoms with E-state index in [4.69, 9.17) is 0 Å². The zero-order chi connectivity index (χ0) is 14.7. The summed E-state index contributed by atoms with van der Waals surface area (Å²) in [6.45, 7) is 6.44. The van der Waals surface area contributed by atoms with Gasteiger partial charge in [-0.3, -0.25) is 0 Å². The molecule has 0 radical (unpaired) electrons. The van der Waals surface area contributed by atoms with Crippen molar-refractivity contribution >= 4 is 5.82 Å². The van der Waals surface area contributed by atoms with E-state index < -0.39 is 11.6 Å². The van der Waals surface area contributed by atoms with Crippen LogP contribution in [0.3, 0.4) is 0 Å². The van der Waals surface area contributed by atoms with Crippen molar-refractivity contribution < 1.29 is 8.78 Å². The molecule has 1 N–H and O–H groups in total. The zero-order valence-electron chi connectivity index (χ0n) is 11.8. The molecular formula is C15H17F2N3. The number of rotatable bonds is 4. The van der Waals surface area contributed by atoms with Crippen molar-refractivity contribution in [1.82, 2.24) is 9.97 Å². The van der Waals surface area contributed by atoms with E-state index in [2.05, 4.69) is 22.2 Å². The maximum absolute atomic E-state index is 13.4. The fourth-order valence-electron chi connectivity index (χ4n) is 2.02. The van der Waals surface area contributed by atoms with Crippen LogP contribution < -0.4 is 5.32 Å². The van der Waals surface area contributed by atoms with Crippen LogP contribution in [-0.4, -0.2) is 16.5 Å². The second-order valence-electron chi connectivity index (χ2n) is 4.68. The Kier molecular flexibility index (Phi) is 4.27. The predicted molar refractivity (Wildman–Crippen MR) is 75.6 cm³/mol. The Morgan fingerprint density at radius 3 is 2.30 bits per heavy atom. The summed E-state index contributed by atoms with van der Waals surface area (Å²) < 4.78 is 26.7. The van der Waals surface area contributed by atoms with Gasteiger partial charge in [0.25, 0.3) is 0 Å². The van der Waals surface area contributed by atoms with Gasteiger partial charge in [-0.25, -0.2) is 18.7 Å². The molecule has 0 unspecified atom stereocenters. The summed E-state index contributed by atoms with van der Waals surface area (Å²) in [5.41, 5.74) is 1.76. The Bertz CT molecular complexity index is 607. The Morgan fingerprint density at radius 1 is 1.05 bits per heavy atom. The molecule has 0 saturated heterocycles. The molecule has 0 saturated carbocycles. The molecule has 1 heterocycles. The van der Waals surface area contributed by atoms with Gasteiger partial charge < -0.3 is 5.32 Å². The molecule has 0 aliphatic heterocycles. The van der Waals surface area contributed by atoms with Crippen LogP contribution in [0.2, 0.25) is 0 Å². The summed E-state index contributed by atoms with van der Waals surface area (Å²) >= 11 is 0. The number of nitrogens with one attached hydrogen (secondary N) is 1. The fraction of sp³-hybridized carbons (Fsp3) is 0.333. The van der Waals surface area contributed by atoms with E-state index in [1.807, 2.05) is 6.92 Å². The van der Waals surface area contributed by atoms with Crippen molar-refractivity contribution in [2.24, 2.45) is 0 Å². The molecule has 0 bridgehead atoms. The number of aromatic nitrogens is 2. The van der Waals surface area contributed by atoms with Gasteiger partial charge in [0.2, 0.25) is 0 Å². The first-order valence-electron chi connectivity index (χ1n) is 6.57. The van der Waals surface area contributed by atoms with Crippen molar-refractivity contribution in [1.29, 1.82) is 0 Å². The average Bonchev–Trinajstić information content (AvgIpc) is 2.38. The third-order valence-electron chi connectivity index (χ3n) is 2.94. The van der Waals surface area contributed by atoms with Gasteiger partial charge >= 0.3 is 0 Å². The molecule has 0 atom stereocenters. The molecule has 0 aliphatic carbocycles. The van der Waals surface area contributed by atoms with Crippen LogP contribution in [0.15, 0.2) is 18.2 Å². The number of benzene rings is 1. The van der Waals surface area contributed by atoms with Crippen LogP contribution >= 0.6 is 0 Å². The lowest BCUT2D eigenvalue weighted by molar-refractivity contribution is 0.584. The number of hydrogen-bond acceptors (Lipinski definition) is 3. The van der Waals surface area contributed by atoms with E-state index >= 15 is 0 Å². The largest absolute Gasteiger partial charge is 0.370 e. The molecule has 2 rings (SSSR count). The number of nitrogens with zero attached hydrogens (tertiary/aromatic N) is 2. The summed E-state index contributed by atoms with van der Waals surface area (Å²) in [5, 5.41) is 3.20. The average molecular weight is 277 g/mol. The third-order valence-corrected chi connectivity index (χ3v) is 2.94. The van der Waals surface area contributed by atoms with Crippen molar-refractivity contribution in [3.8, 4) is 11.3 Å². The summed E-state index contributed by atoms with van der Waals surface area (Å²) in [6.07, 6.45) is 0.965. The second-order valence-corrected chi connectivity index (χ2v) is 4.68. The summed E-state index contributed by atoms with van der Waals surface area (Å²) in [6, 6.07) is 3.41. The van der Waals surface area contributed by atoms with Crippen LogP contribution in [-0.2, 0) is 0 Å². The molecule has 5 heteroatoms. The Hall–Kier alpha value is -2.04. The van der Waals surface area contributed by atoms with Crippen LogP contribution in [0.5, 0.6) is 0 Å². The van der Waals surface area contributed by atoms with Crippen molar-refractivity contribution in [3.63, 3.8) is 0 Å². The Morgan fingerprint density at radius 2 is 1.70 bits per heavy atom. The first-order valence-corrected chi connectivity index (χ1v) is 6.57. The lowest BCUT2D eigenvalue weighted by atomic mass is 10.1. The Balaban J connectivity index is 2.52. The standard InChI is InChI=1S/C15H17F2N3/c1-4-5-18-15-9(2)14(19-10(3)20-15)11-6-12(16)8-13(17)7-11/h6-8H,4-5H2,1-3H3,(H,18,19,20). The molecule has 106 valence electrons. The van der Waals surface area contributed by atoms with Crippen LogP contribution in [0.4, 0.5) is 14.6 Å². The van der Waals surface area contributed by atoms with E-state index in [1.54, 1.807) is 6.92 Å². The number of aryl methyl sites for hydroxylation is 1. The number of anilines is 1. The highest BCUT2D eigenvalue weighted by Gasteiger charge is 2.12. The molecule has 2 aromatic rings. The van der Waals surface area contributed by atoms with Crippen molar-refractivity contribution in [3.05, 3.63) is 41.2 Å². The van der Waals surface area contributed by atoms with Gasteiger partial charge in [-0.2, -0.15) is 0 Å². The number of halogens is 2. The van der Waals surface area contributed by atoms with E-state index in [9.17, 15) is 8.78 Å². The van der Waals surface area contributed by atoms with Crippen LogP contribution in [0.1, 0.15) is 24.7 Å². The summed E-state index contributed by atoms with van der Waals surface area (Å²) in [4.78, 5) is 8.64. The lowest BCUT2D eigenvalue weighted by Gasteiger charge is -2.13. The molecule has 0 fully saturated rings. The highest BCUT2D eigenvalue weighted by atomic mass is 19.1. The maximum atomic E-state index is 13.4. The molecule has 20 heavy (non-hydrogen) atoms. The normalized spacial score (nSPS) is 10.7. The summed E-state index contributed by atoms with van der Waals surface area (Å²) in [5.74, 6) is 0.0466. The maximum Gasteiger partial charge on any atom is 0.133 e. The van der Waals surface area contributed by atoms with E-state index in [-0.39, 0.29) is 0 Å². The van der Waals surface area contributed by atoms with Gasteiger partial charge in [-0.05, 0) is 32.4 Å². The molecule has 0 aliphatic rings. The highest BCUT2D eigenvalue weighted by molar-refractivity contribution is 5.68. The van der Waals surface area contributed by atoms with Gasteiger partial charge in [-0.1, -0.05) is 6.92 Å². The first kappa shape index (κ1) is 14.4. The molecule has 1 aromatic heterocycles. The van der Waals surface area contributed by atoms with E-state index in [0.717, 1.165) is 24.6 Å². The molecular weight excluding hydrogens is 260 g/mol. The Labute approximate surface area is 117 Å². The zero-order valence-corrected chi connectivity index (χ0v) is 11.8. The number of hydrogen-bond donors (Lipinski definition) is 1. The van der Waals surface area contributed by atoms with Crippen LogP contribution in [0.25, 0.3) is 11.3 Å². The minimum absolute atomic E-state index is 0.421. The van der Waals surface area contributed by atoms with E-state index in [1.165, 1.54) is 12.1 Å². The van der Waals surface area contributed by atoms with E-state index in [0.29, 0.717) is 22.9 Å². The first-order chi connectivity index (χ1) is 9.51. The smallest absolute Gasteiger partial charge is 0.133 e. The fourth-order valence-corrected chi connectivity index (χ4v) is 2.02. The van der Waals surface area contributed by atoms with Crippen molar-refractivity contribution in [2.75, 3.05) is 11.9 Å². The minimum atomic E-state index is -0.612. The van der Waals surface area contributed by atoms with Gasteiger partial charge in [0.1, 0.15) is 23.3 Å². The SMILES string of the molecule is CCCNc1nc(C)nc(-c2cc(F)cc(F)c2)c1C. The lowest BCUT2D eigenvalue weighted by Crippen LogP contribution is -2.07.